The highest BCUT2D eigenvalue weighted by Gasteiger charge is 2.67. The molecule has 7 heteroatoms. The average molecular weight is 315 g/mol. The molecule has 1 saturated heterocycles. The first-order valence-electron chi connectivity index (χ1n) is 7.07. The maximum absolute atomic E-state index is 12.9. The summed E-state index contributed by atoms with van der Waals surface area (Å²) in [7, 11) is 0. The first kappa shape index (κ1) is 15.1. The largest absolute Gasteiger partial charge is 0.445 e. The molecule has 1 heterocycles. The fourth-order valence-corrected chi connectivity index (χ4v) is 3.36. The predicted octanol–water partition coefficient (Wildman–Crippen LogP) is 2.71. The van der Waals surface area contributed by atoms with E-state index in [4.69, 9.17) is 4.74 Å². The Kier molecular flexibility index (Phi) is 3.55. The molecule has 0 aromatic heterocycles. The van der Waals surface area contributed by atoms with Crippen molar-refractivity contribution in [3.63, 3.8) is 0 Å². The van der Waals surface area contributed by atoms with Gasteiger partial charge in [-0.2, -0.15) is 13.2 Å². The van der Waals surface area contributed by atoms with Gasteiger partial charge in [0.1, 0.15) is 6.61 Å². The molecule has 22 heavy (non-hydrogen) atoms. The van der Waals surface area contributed by atoms with E-state index < -0.39 is 36.3 Å². The van der Waals surface area contributed by atoms with Gasteiger partial charge in [0.05, 0.1) is 0 Å². The van der Waals surface area contributed by atoms with E-state index in [-0.39, 0.29) is 19.6 Å². The van der Waals surface area contributed by atoms with E-state index in [2.05, 4.69) is 0 Å². The van der Waals surface area contributed by atoms with Gasteiger partial charge in [-0.3, -0.25) is 0 Å². The topological polar surface area (TPSA) is 49.8 Å². The number of rotatable bonds is 2. The number of nitrogens with zero attached hydrogens (tertiary/aromatic N) is 1. The van der Waals surface area contributed by atoms with E-state index in [0.29, 0.717) is 0 Å². The number of aliphatic hydroxyl groups is 1. The van der Waals surface area contributed by atoms with Crippen LogP contribution >= 0.6 is 0 Å². The minimum atomic E-state index is -4.66. The monoisotopic (exact) mass is 315 g/mol. The lowest BCUT2D eigenvalue weighted by atomic mass is 9.88. The molecule has 3 rings (SSSR count). The zero-order valence-electron chi connectivity index (χ0n) is 11.7. The Labute approximate surface area is 125 Å². The second-order valence-corrected chi connectivity index (χ2v) is 5.91. The van der Waals surface area contributed by atoms with Crippen LogP contribution in [-0.4, -0.2) is 40.5 Å². The quantitative estimate of drug-likeness (QED) is 0.913. The Morgan fingerprint density at radius 3 is 2.59 bits per heavy atom. The number of hydrogen-bond donors (Lipinski definition) is 1. The third kappa shape index (κ3) is 2.43. The number of alkyl halides is 3. The van der Waals surface area contributed by atoms with Crippen molar-refractivity contribution in [1.29, 1.82) is 0 Å². The van der Waals surface area contributed by atoms with Crippen LogP contribution in [0.25, 0.3) is 0 Å². The summed E-state index contributed by atoms with van der Waals surface area (Å²) in [6.07, 6.45) is -5.59. The summed E-state index contributed by atoms with van der Waals surface area (Å²) in [6, 6.07) is 8.44. The van der Waals surface area contributed by atoms with Crippen molar-refractivity contribution < 1.29 is 27.8 Å². The zero-order valence-corrected chi connectivity index (χ0v) is 11.7. The molecule has 1 aromatic carbocycles. The van der Waals surface area contributed by atoms with Crippen molar-refractivity contribution >= 4 is 6.09 Å². The van der Waals surface area contributed by atoms with Crippen LogP contribution in [0.1, 0.15) is 18.4 Å². The van der Waals surface area contributed by atoms with Crippen molar-refractivity contribution in [2.24, 2.45) is 5.92 Å². The summed E-state index contributed by atoms with van der Waals surface area (Å²) >= 11 is 0. The van der Waals surface area contributed by atoms with E-state index >= 15 is 0 Å². The number of ether oxygens (including phenoxy) is 1. The van der Waals surface area contributed by atoms with Gasteiger partial charge in [-0.25, -0.2) is 4.79 Å². The van der Waals surface area contributed by atoms with Gasteiger partial charge in [-0.1, -0.05) is 30.3 Å². The molecule has 2 fully saturated rings. The van der Waals surface area contributed by atoms with Gasteiger partial charge in [0.15, 0.2) is 5.60 Å². The fourth-order valence-electron chi connectivity index (χ4n) is 3.36. The molecule has 1 aromatic rings. The summed E-state index contributed by atoms with van der Waals surface area (Å²) in [4.78, 5) is 13.3. The number of amides is 1. The lowest BCUT2D eigenvalue weighted by Crippen LogP contribution is -2.55. The van der Waals surface area contributed by atoms with E-state index in [9.17, 15) is 23.1 Å². The molecule has 1 aliphatic heterocycles. The number of carbonyl (C=O) groups excluding carboxylic acids is 1. The van der Waals surface area contributed by atoms with Crippen LogP contribution in [0, 0.1) is 5.92 Å². The van der Waals surface area contributed by atoms with Gasteiger partial charge in [0, 0.05) is 24.9 Å². The smallest absolute Gasteiger partial charge is 0.417 e. The van der Waals surface area contributed by atoms with Gasteiger partial charge >= 0.3 is 12.3 Å². The van der Waals surface area contributed by atoms with Crippen LogP contribution in [-0.2, 0) is 11.3 Å². The van der Waals surface area contributed by atoms with Gasteiger partial charge in [-0.15, -0.1) is 0 Å². The lowest BCUT2D eigenvalue weighted by Gasteiger charge is -2.38. The third-order valence-corrected chi connectivity index (χ3v) is 4.57. The molecule has 1 N–H and O–H groups in total. The highest BCUT2D eigenvalue weighted by molar-refractivity contribution is 5.69. The molecule has 3 unspecified atom stereocenters. The molecular weight excluding hydrogens is 299 g/mol. The highest BCUT2D eigenvalue weighted by Crippen LogP contribution is 2.52. The summed E-state index contributed by atoms with van der Waals surface area (Å²) in [5.74, 6) is -0.971. The Morgan fingerprint density at radius 2 is 2.05 bits per heavy atom. The van der Waals surface area contributed by atoms with Crippen LogP contribution in [0.2, 0.25) is 0 Å². The highest BCUT2D eigenvalue weighted by atomic mass is 19.4. The van der Waals surface area contributed by atoms with Crippen LogP contribution < -0.4 is 0 Å². The maximum Gasteiger partial charge on any atom is 0.417 e. The molecule has 0 radical (unpaired) electrons. The Morgan fingerprint density at radius 1 is 1.36 bits per heavy atom. The van der Waals surface area contributed by atoms with Crippen molar-refractivity contribution in [2.75, 3.05) is 6.54 Å². The summed E-state index contributed by atoms with van der Waals surface area (Å²) in [5.41, 5.74) is -1.86. The molecule has 1 saturated carbocycles. The molecule has 4 nitrogen and oxygen atoms in total. The molecule has 1 aliphatic carbocycles. The normalized spacial score (nSPS) is 30.6. The second-order valence-electron chi connectivity index (χ2n) is 5.91. The molecule has 1 amide bonds. The molecule has 0 spiro atoms. The molecule has 2 bridgehead atoms. The van der Waals surface area contributed by atoms with Gasteiger partial charge < -0.3 is 14.7 Å². The Hall–Kier alpha value is -1.76. The molecule has 3 atom stereocenters. The second kappa shape index (κ2) is 5.15. The maximum atomic E-state index is 12.9. The SMILES string of the molecule is O=C(OCc1ccccc1)N1CC2CC1CC2(O)C(F)(F)F. The van der Waals surface area contributed by atoms with Crippen molar-refractivity contribution in [3.8, 4) is 0 Å². The van der Waals surface area contributed by atoms with Gasteiger partial charge in [0.2, 0.25) is 0 Å². The molecule has 2 aliphatic rings. The van der Waals surface area contributed by atoms with E-state index in [0.717, 1.165) is 5.56 Å². The Balaban J connectivity index is 1.59. The predicted molar refractivity (Wildman–Crippen MR) is 70.8 cm³/mol. The van der Waals surface area contributed by atoms with E-state index in [1.54, 1.807) is 12.1 Å². The number of piperidine rings is 1. The summed E-state index contributed by atoms with van der Waals surface area (Å²) in [6.45, 7) is -0.0363. The van der Waals surface area contributed by atoms with Crippen LogP contribution in [0.4, 0.5) is 18.0 Å². The minimum absolute atomic E-state index is 0.0805. The first-order chi connectivity index (χ1) is 10.3. The van der Waals surface area contributed by atoms with Crippen LogP contribution in [0.5, 0.6) is 0 Å². The molecular formula is C15H16F3NO3. The van der Waals surface area contributed by atoms with Crippen molar-refractivity contribution in [2.45, 2.75) is 37.3 Å². The first-order valence-corrected chi connectivity index (χ1v) is 7.07. The van der Waals surface area contributed by atoms with Crippen LogP contribution in [0.15, 0.2) is 30.3 Å². The lowest BCUT2D eigenvalue weighted by molar-refractivity contribution is -0.278. The van der Waals surface area contributed by atoms with E-state index in [1.807, 2.05) is 18.2 Å². The number of benzene rings is 1. The van der Waals surface area contributed by atoms with Crippen molar-refractivity contribution in [3.05, 3.63) is 35.9 Å². The number of carbonyl (C=O) groups is 1. The summed E-state index contributed by atoms with van der Waals surface area (Å²) in [5, 5.41) is 9.82. The van der Waals surface area contributed by atoms with Crippen molar-refractivity contribution in [1.82, 2.24) is 4.90 Å². The Bertz CT molecular complexity index is 563. The average Bonchev–Trinajstić information content (AvgIpc) is 3.03. The van der Waals surface area contributed by atoms with Crippen LogP contribution in [0.3, 0.4) is 0 Å². The van der Waals surface area contributed by atoms with E-state index in [1.165, 1.54) is 4.90 Å². The van der Waals surface area contributed by atoms with Gasteiger partial charge in [0.25, 0.3) is 0 Å². The number of fused-ring (bicyclic) bond motifs is 2. The third-order valence-electron chi connectivity index (χ3n) is 4.57. The number of halogens is 3. The summed E-state index contributed by atoms with van der Waals surface area (Å²) < 4.78 is 43.9. The number of likely N-dealkylation sites (tertiary alicyclic amines) is 1. The van der Waals surface area contributed by atoms with Gasteiger partial charge in [-0.05, 0) is 12.0 Å². The standard InChI is InChI=1S/C15H16F3NO3/c16-15(17,18)14(21)7-12-6-11(14)8-19(12)13(20)22-9-10-4-2-1-3-5-10/h1-5,11-12,21H,6-9H2. The minimum Gasteiger partial charge on any atom is -0.445 e. The zero-order chi connectivity index (χ0) is 16.0. The molecule has 120 valence electrons. The fraction of sp³-hybridized carbons (Fsp3) is 0.533. The number of hydrogen-bond acceptors (Lipinski definition) is 3.